The Morgan fingerprint density at radius 3 is 3.26 bits per heavy atom. The Morgan fingerprint density at radius 1 is 1.53 bits per heavy atom. The van der Waals surface area contributed by atoms with Crippen LogP contribution in [0.2, 0.25) is 0 Å². The number of anilines is 1. The van der Waals surface area contributed by atoms with Crippen LogP contribution in [-0.4, -0.2) is 40.6 Å². The van der Waals surface area contributed by atoms with E-state index in [0.717, 1.165) is 25.0 Å². The van der Waals surface area contributed by atoms with Crippen molar-refractivity contribution in [2.45, 2.75) is 6.04 Å². The number of H-pyrrole nitrogens is 1. The summed E-state index contributed by atoms with van der Waals surface area (Å²) in [6.07, 6.45) is 3.53. The Bertz CT molecular complexity index is 665. The van der Waals surface area contributed by atoms with Gasteiger partial charge in [-0.15, -0.1) is 6.58 Å². The number of fused-ring (bicyclic) bond motifs is 1. The second-order valence-corrected chi connectivity index (χ2v) is 4.47. The zero-order chi connectivity index (χ0) is 13.2. The predicted molar refractivity (Wildman–Crippen MR) is 74.4 cm³/mol. The lowest BCUT2D eigenvalue weighted by molar-refractivity contribution is 0.526. The smallest absolute Gasteiger partial charge is 0.347 e. The van der Waals surface area contributed by atoms with Crippen LogP contribution >= 0.6 is 0 Å². The minimum absolute atomic E-state index is 0.131. The molecule has 2 N–H and O–H groups in total. The monoisotopic (exact) mass is 257 g/mol. The van der Waals surface area contributed by atoms with E-state index in [1.807, 2.05) is 18.2 Å². The van der Waals surface area contributed by atoms with Crippen LogP contribution in [0.1, 0.15) is 0 Å². The Hall–Kier alpha value is -2.21. The summed E-state index contributed by atoms with van der Waals surface area (Å²) in [4.78, 5) is 24.7. The van der Waals surface area contributed by atoms with Crippen molar-refractivity contribution in [1.29, 1.82) is 0 Å². The number of piperazine rings is 1. The maximum absolute atomic E-state index is 11.7. The normalized spacial score (nSPS) is 19.6. The highest BCUT2D eigenvalue weighted by molar-refractivity contribution is 5.86. The molecule has 19 heavy (non-hydrogen) atoms. The van der Waals surface area contributed by atoms with Gasteiger partial charge in [0.25, 0.3) is 0 Å². The van der Waals surface area contributed by atoms with Crippen LogP contribution in [0, 0.1) is 0 Å². The Kier molecular flexibility index (Phi) is 3.00. The summed E-state index contributed by atoms with van der Waals surface area (Å²) in [6.45, 7) is 6.31. The van der Waals surface area contributed by atoms with Gasteiger partial charge in [-0.25, -0.2) is 9.78 Å². The molecule has 1 atom stereocenters. The zero-order valence-corrected chi connectivity index (χ0v) is 10.5. The summed E-state index contributed by atoms with van der Waals surface area (Å²) < 4.78 is 0. The van der Waals surface area contributed by atoms with Crippen LogP contribution in [0.15, 0.2) is 35.8 Å². The van der Waals surface area contributed by atoms with Crippen molar-refractivity contribution in [3.63, 3.8) is 0 Å². The number of hydrogen-bond donors (Lipinski definition) is 2. The minimum Gasteiger partial charge on any atom is -0.347 e. The van der Waals surface area contributed by atoms with Gasteiger partial charge in [0, 0.05) is 25.8 Å². The molecule has 2 aromatic heterocycles. The Morgan fingerprint density at radius 2 is 2.42 bits per heavy atom. The first-order valence-corrected chi connectivity index (χ1v) is 6.24. The van der Waals surface area contributed by atoms with Crippen molar-refractivity contribution >= 4 is 16.9 Å². The second-order valence-electron chi connectivity index (χ2n) is 4.47. The molecule has 3 rings (SSSR count). The van der Waals surface area contributed by atoms with Crippen LogP contribution in [-0.2, 0) is 0 Å². The summed E-state index contributed by atoms with van der Waals surface area (Å²) in [5, 5.41) is 4.16. The highest BCUT2D eigenvalue weighted by atomic mass is 16.1. The fraction of sp³-hybridized carbons (Fsp3) is 0.308. The molecular weight excluding hydrogens is 242 g/mol. The SMILES string of the molecule is C=CC1CNCCN1c1nc(=O)[nH]c2ncccc12. The van der Waals surface area contributed by atoms with Crippen molar-refractivity contribution in [2.75, 3.05) is 24.5 Å². The van der Waals surface area contributed by atoms with Crippen molar-refractivity contribution in [1.82, 2.24) is 20.3 Å². The summed E-state index contributed by atoms with van der Waals surface area (Å²) in [7, 11) is 0. The third-order valence-corrected chi connectivity index (χ3v) is 3.31. The fourth-order valence-corrected chi connectivity index (χ4v) is 2.39. The fourth-order valence-electron chi connectivity index (χ4n) is 2.39. The molecule has 0 saturated carbocycles. The average molecular weight is 257 g/mol. The van der Waals surface area contributed by atoms with E-state index in [0.29, 0.717) is 11.5 Å². The molecule has 1 unspecified atom stereocenters. The van der Waals surface area contributed by atoms with Crippen LogP contribution < -0.4 is 15.9 Å². The molecule has 1 saturated heterocycles. The maximum Gasteiger partial charge on any atom is 0.348 e. The molecule has 6 nitrogen and oxygen atoms in total. The Balaban J connectivity index is 2.17. The van der Waals surface area contributed by atoms with E-state index >= 15 is 0 Å². The molecule has 2 aromatic rings. The van der Waals surface area contributed by atoms with Gasteiger partial charge in [0.1, 0.15) is 11.5 Å². The number of hydrogen-bond acceptors (Lipinski definition) is 5. The molecule has 0 aromatic carbocycles. The average Bonchev–Trinajstić information content (AvgIpc) is 2.46. The lowest BCUT2D eigenvalue weighted by atomic mass is 10.1. The largest absolute Gasteiger partial charge is 0.348 e. The number of aromatic amines is 1. The molecule has 0 radical (unpaired) electrons. The first kappa shape index (κ1) is 11.9. The molecule has 1 aliphatic rings. The van der Waals surface area contributed by atoms with Gasteiger partial charge in [-0.3, -0.25) is 4.98 Å². The van der Waals surface area contributed by atoms with Crippen LogP contribution in [0.25, 0.3) is 11.0 Å². The number of pyridine rings is 1. The topological polar surface area (TPSA) is 73.9 Å². The van der Waals surface area contributed by atoms with Crippen LogP contribution in [0.5, 0.6) is 0 Å². The van der Waals surface area contributed by atoms with E-state index in [2.05, 4.69) is 31.7 Å². The quantitative estimate of drug-likeness (QED) is 0.756. The van der Waals surface area contributed by atoms with Gasteiger partial charge in [0.05, 0.1) is 11.4 Å². The van der Waals surface area contributed by atoms with E-state index in [1.54, 1.807) is 6.20 Å². The van der Waals surface area contributed by atoms with Gasteiger partial charge in [-0.1, -0.05) is 6.08 Å². The molecule has 3 heterocycles. The van der Waals surface area contributed by atoms with Crippen molar-refractivity contribution in [3.8, 4) is 0 Å². The number of aromatic nitrogens is 3. The third kappa shape index (κ3) is 2.10. The molecule has 6 heteroatoms. The highest BCUT2D eigenvalue weighted by Crippen LogP contribution is 2.22. The first-order valence-electron chi connectivity index (χ1n) is 6.24. The van der Waals surface area contributed by atoms with E-state index in [9.17, 15) is 4.79 Å². The first-order chi connectivity index (χ1) is 9.29. The number of rotatable bonds is 2. The van der Waals surface area contributed by atoms with E-state index in [1.165, 1.54) is 0 Å². The van der Waals surface area contributed by atoms with Gasteiger partial charge in [0.2, 0.25) is 0 Å². The molecule has 1 aliphatic heterocycles. The summed E-state index contributed by atoms with van der Waals surface area (Å²) in [5.74, 6) is 0.679. The lowest BCUT2D eigenvalue weighted by Gasteiger charge is -2.35. The van der Waals surface area contributed by atoms with Gasteiger partial charge < -0.3 is 10.2 Å². The summed E-state index contributed by atoms with van der Waals surface area (Å²) in [5.41, 5.74) is 0.196. The highest BCUT2D eigenvalue weighted by Gasteiger charge is 2.23. The lowest BCUT2D eigenvalue weighted by Crippen LogP contribution is -2.51. The molecular formula is C13H15N5O. The van der Waals surface area contributed by atoms with Gasteiger partial charge in [-0.05, 0) is 12.1 Å². The van der Waals surface area contributed by atoms with Crippen molar-refractivity contribution in [2.24, 2.45) is 0 Å². The number of nitrogens with one attached hydrogen (secondary N) is 2. The molecule has 0 amide bonds. The standard InChI is InChI=1S/C13H15N5O/c1-2-9-8-14-6-7-18(9)12-10-4-3-5-15-11(10)16-13(19)17-12/h2-5,9,14H,1,6-8H2,(H,15,16,17,19). The van der Waals surface area contributed by atoms with Gasteiger partial charge in [0.15, 0.2) is 0 Å². The van der Waals surface area contributed by atoms with Gasteiger partial charge >= 0.3 is 5.69 Å². The molecule has 98 valence electrons. The summed E-state index contributed by atoms with van der Waals surface area (Å²) in [6, 6.07) is 3.89. The van der Waals surface area contributed by atoms with E-state index in [-0.39, 0.29) is 11.7 Å². The summed E-state index contributed by atoms with van der Waals surface area (Å²) >= 11 is 0. The molecule has 0 bridgehead atoms. The third-order valence-electron chi connectivity index (χ3n) is 3.31. The van der Waals surface area contributed by atoms with Gasteiger partial charge in [-0.2, -0.15) is 4.98 Å². The molecule has 0 spiro atoms. The van der Waals surface area contributed by atoms with E-state index < -0.39 is 0 Å². The van der Waals surface area contributed by atoms with Crippen LogP contribution in [0.4, 0.5) is 5.82 Å². The Labute approximate surface area is 110 Å². The zero-order valence-electron chi connectivity index (χ0n) is 10.5. The van der Waals surface area contributed by atoms with E-state index in [4.69, 9.17) is 0 Å². The molecule has 1 fully saturated rings. The van der Waals surface area contributed by atoms with Crippen molar-refractivity contribution in [3.05, 3.63) is 41.5 Å². The predicted octanol–water partition coefficient (Wildman–Crippen LogP) is 0.282. The number of nitrogens with zero attached hydrogens (tertiary/aromatic N) is 3. The van der Waals surface area contributed by atoms with Crippen molar-refractivity contribution < 1.29 is 0 Å². The molecule has 0 aliphatic carbocycles. The van der Waals surface area contributed by atoms with Crippen LogP contribution in [0.3, 0.4) is 0 Å². The minimum atomic E-state index is -0.373. The second kappa shape index (κ2) is 4.81. The maximum atomic E-state index is 11.7.